The fraction of sp³-hybridized carbons (Fsp3) is 0.118. The van der Waals surface area contributed by atoms with E-state index in [9.17, 15) is 14.9 Å². The summed E-state index contributed by atoms with van der Waals surface area (Å²) in [6.07, 6.45) is 2.06. The molecule has 5 heteroatoms. The van der Waals surface area contributed by atoms with Crippen LogP contribution in [-0.4, -0.2) is 17.3 Å². The van der Waals surface area contributed by atoms with Crippen LogP contribution in [0.3, 0.4) is 0 Å². The van der Waals surface area contributed by atoms with Crippen molar-refractivity contribution >= 4 is 11.5 Å². The highest BCUT2D eigenvalue weighted by Gasteiger charge is 2.13. The van der Waals surface area contributed by atoms with Gasteiger partial charge in [-0.2, -0.15) is 0 Å². The summed E-state index contributed by atoms with van der Waals surface area (Å²) in [5, 5.41) is 10.8. The third-order valence-corrected chi connectivity index (χ3v) is 3.07. The molecule has 2 aromatic carbocycles. The largest absolute Gasteiger partial charge is 0.485 e. The average molecular weight is 297 g/mol. The number of rotatable bonds is 7. The maximum absolute atomic E-state index is 12.0. The predicted molar refractivity (Wildman–Crippen MR) is 83.3 cm³/mol. The molecule has 0 N–H and O–H groups in total. The molecule has 2 rings (SSSR count). The predicted octanol–water partition coefficient (Wildman–Crippen LogP) is 3.59. The van der Waals surface area contributed by atoms with E-state index in [1.807, 2.05) is 6.07 Å². The molecule has 5 nitrogen and oxygen atoms in total. The molecule has 0 radical (unpaired) electrons. The molecule has 112 valence electrons. The zero-order valence-electron chi connectivity index (χ0n) is 11.9. The van der Waals surface area contributed by atoms with Gasteiger partial charge in [-0.25, -0.2) is 0 Å². The van der Waals surface area contributed by atoms with E-state index in [0.29, 0.717) is 23.3 Å². The number of nitrogens with zero attached hydrogens (tertiary/aromatic N) is 1. The van der Waals surface area contributed by atoms with E-state index in [-0.39, 0.29) is 18.1 Å². The second kappa shape index (κ2) is 7.17. The van der Waals surface area contributed by atoms with E-state index in [4.69, 9.17) is 4.74 Å². The van der Waals surface area contributed by atoms with Gasteiger partial charge in [-0.05, 0) is 12.5 Å². The quantitative estimate of drug-likeness (QED) is 0.339. The lowest BCUT2D eigenvalue weighted by atomic mass is 10.1. The molecule has 0 aliphatic rings. The lowest BCUT2D eigenvalue weighted by molar-refractivity contribution is -0.384. The number of nitro benzene ring substituents is 1. The molecule has 22 heavy (non-hydrogen) atoms. The van der Waals surface area contributed by atoms with E-state index < -0.39 is 4.92 Å². The van der Waals surface area contributed by atoms with Crippen molar-refractivity contribution < 1.29 is 14.5 Å². The maximum atomic E-state index is 12.0. The molecule has 0 saturated heterocycles. The van der Waals surface area contributed by atoms with Crippen molar-refractivity contribution in [2.45, 2.75) is 6.42 Å². The molecule has 0 heterocycles. The SMILES string of the molecule is C=CCc1cc([N+](=O)[O-])ccc1OCC(=O)c1ccccc1. The molecule has 0 aromatic heterocycles. The van der Waals surface area contributed by atoms with Crippen molar-refractivity contribution in [2.24, 2.45) is 0 Å². The summed E-state index contributed by atoms with van der Waals surface area (Å²) in [6.45, 7) is 3.50. The molecule has 0 saturated carbocycles. The van der Waals surface area contributed by atoms with Crippen LogP contribution < -0.4 is 4.74 Å². The number of ketones is 1. The van der Waals surface area contributed by atoms with Crippen molar-refractivity contribution in [3.8, 4) is 5.75 Å². The fourth-order valence-corrected chi connectivity index (χ4v) is 1.99. The van der Waals surface area contributed by atoms with Gasteiger partial charge in [0.25, 0.3) is 5.69 Å². The Labute approximate surface area is 128 Å². The molecule has 2 aromatic rings. The first kappa shape index (κ1) is 15.4. The van der Waals surface area contributed by atoms with Crippen LogP contribution in [-0.2, 0) is 6.42 Å². The van der Waals surface area contributed by atoms with E-state index >= 15 is 0 Å². The Kier molecular flexibility index (Phi) is 5.03. The molecule has 0 spiro atoms. The van der Waals surface area contributed by atoms with Crippen molar-refractivity contribution in [1.82, 2.24) is 0 Å². The van der Waals surface area contributed by atoms with Crippen molar-refractivity contribution in [2.75, 3.05) is 6.61 Å². The molecule has 0 unspecified atom stereocenters. The summed E-state index contributed by atoms with van der Waals surface area (Å²) in [6, 6.07) is 13.1. The summed E-state index contributed by atoms with van der Waals surface area (Å²) in [5.74, 6) is 0.304. The van der Waals surface area contributed by atoms with E-state index in [1.54, 1.807) is 30.3 Å². The summed E-state index contributed by atoms with van der Waals surface area (Å²) in [4.78, 5) is 22.3. The fourth-order valence-electron chi connectivity index (χ4n) is 1.99. The van der Waals surface area contributed by atoms with Gasteiger partial charge in [0, 0.05) is 23.3 Å². The number of carbonyl (C=O) groups is 1. The number of benzene rings is 2. The Morgan fingerprint density at radius 1 is 1.23 bits per heavy atom. The van der Waals surface area contributed by atoms with Crippen molar-refractivity contribution in [3.05, 3.63) is 82.4 Å². The Bertz CT molecular complexity index is 695. The van der Waals surface area contributed by atoms with Gasteiger partial charge in [-0.3, -0.25) is 14.9 Å². The van der Waals surface area contributed by atoms with Crippen LogP contribution in [0, 0.1) is 10.1 Å². The lowest BCUT2D eigenvalue weighted by Gasteiger charge is -2.10. The highest BCUT2D eigenvalue weighted by molar-refractivity contribution is 5.97. The zero-order chi connectivity index (χ0) is 15.9. The van der Waals surface area contributed by atoms with Crippen LogP contribution in [0.1, 0.15) is 15.9 Å². The molecular formula is C17H15NO4. The monoisotopic (exact) mass is 297 g/mol. The van der Waals surface area contributed by atoms with Crippen LogP contribution in [0.15, 0.2) is 61.2 Å². The third kappa shape index (κ3) is 3.79. The second-order valence-corrected chi connectivity index (χ2v) is 4.62. The smallest absolute Gasteiger partial charge is 0.269 e. The number of carbonyl (C=O) groups excluding carboxylic acids is 1. The minimum absolute atomic E-state index is 0.0152. The molecular weight excluding hydrogens is 282 g/mol. The van der Waals surface area contributed by atoms with Crippen molar-refractivity contribution in [3.63, 3.8) is 0 Å². The number of hydrogen-bond donors (Lipinski definition) is 0. The van der Waals surface area contributed by atoms with Crippen LogP contribution in [0.25, 0.3) is 0 Å². The maximum Gasteiger partial charge on any atom is 0.269 e. The highest BCUT2D eigenvalue weighted by atomic mass is 16.6. The minimum Gasteiger partial charge on any atom is -0.485 e. The number of allylic oxidation sites excluding steroid dienone is 1. The zero-order valence-corrected chi connectivity index (χ0v) is 11.9. The minimum atomic E-state index is -0.467. The van der Waals surface area contributed by atoms with Gasteiger partial charge in [-0.1, -0.05) is 36.4 Å². The van der Waals surface area contributed by atoms with Gasteiger partial charge in [0.1, 0.15) is 5.75 Å². The average Bonchev–Trinajstić information content (AvgIpc) is 2.54. The molecule has 0 aliphatic carbocycles. The molecule has 0 aliphatic heterocycles. The summed E-state index contributed by atoms with van der Waals surface area (Å²) < 4.78 is 5.52. The van der Waals surface area contributed by atoms with Crippen LogP contribution >= 0.6 is 0 Å². The van der Waals surface area contributed by atoms with Crippen LogP contribution in [0.4, 0.5) is 5.69 Å². The van der Waals surface area contributed by atoms with E-state index in [0.717, 1.165) is 0 Å². The van der Waals surface area contributed by atoms with Crippen molar-refractivity contribution in [1.29, 1.82) is 0 Å². The number of nitro groups is 1. The Morgan fingerprint density at radius 3 is 2.59 bits per heavy atom. The van der Waals surface area contributed by atoms with E-state index in [2.05, 4.69) is 6.58 Å². The normalized spacial score (nSPS) is 10.0. The van der Waals surface area contributed by atoms with Gasteiger partial charge in [-0.15, -0.1) is 6.58 Å². The molecule has 0 amide bonds. The van der Waals surface area contributed by atoms with Gasteiger partial charge >= 0.3 is 0 Å². The summed E-state index contributed by atoms with van der Waals surface area (Å²) >= 11 is 0. The number of non-ortho nitro benzene ring substituents is 1. The number of hydrogen-bond acceptors (Lipinski definition) is 4. The first-order chi connectivity index (χ1) is 10.6. The topological polar surface area (TPSA) is 69.4 Å². The molecule has 0 atom stereocenters. The van der Waals surface area contributed by atoms with Gasteiger partial charge in [0.05, 0.1) is 4.92 Å². The van der Waals surface area contributed by atoms with E-state index in [1.165, 1.54) is 18.2 Å². The summed E-state index contributed by atoms with van der Waals surface area (Å²) in [7, 11) is 0. The number of Topliss-reactive ketones (excluding diaryl/α,β-unsaturated/α-hetero) is 1. The third-order valence-electron chi connectivity index (χ3n) is 3.07. The van der Waals surface area contributed by atoms with Gasteiger partial charge < -0.3 is 4.74 Å². The second-order valence-electron chi connectivity index (χ2n) is 4.62. The first-order valence-electron chi connectivity index (χ1n) is 6.71. The molecule has 0 bridgehead atoms. The van der Waals surface area contributed by atoms with Gasteiger partial charge in [0.15, 0.2) is 12.4 Å². The Balaban J connectivity index is 2.13. The molecule has 0 fully saturated rings. The Morgan fingerprint density at radius 2 is 1.95 bits per heavy atom. The van der Waals surface area contributed by atoms with Crippen LogP contribution in [0.5, 0.6) is 5.75 Å². The van der Waals surface area contributed by atoms with Gasteiger partial charge in [0.2, 0.25) is 0 Å². The Hall–Kier alpha value is -2.95. The highest BCUT2D eigenvalue weighted by Crippen LogP contribution is 2.25. The standard InChI is InChI=1S/C17H15NO4/c1-2-6-14-11-15(18(20)21)9-10-17(14)22-12-16(19)13-7-4-3-5-8-13/h2-5,7-11H,1,6,12H2. The first-order valence-corrected chi connectivity index (χ1v) is 6.71. The number of ether oxygens (including phenoxy) is 1. The lowest BCUT2D eigenvalue weighted by Crippen LogP contribution is -2.12. The van der Waals surface area contributed by atoms with Crippen LogP contribution in [0.2, 0.25) is 0 Å². The summed E-state index contributed by atoms with van der Waals surface area (Å²) in [5.41, 5.74) is 1.18.